The molecule has 6 aromatic heterocycles. The molecule has 2 saturated carbocycles. The maximum absolute atomic E-state index is 12.5. The van der Waals surface area contributed by atoms with Crippen LogP contribution in [-0.4, -0.2) is 101 Å². The van der Waals surface area contributed by atoms with Crippen molar-refractivity contribution in [2.24, 2.45) is 0 Å². The molecule has 2 aliphatic rings. The fourth-order valence-corrected chi connectivity index (χ4v) is 6.59. The van der Waals surface area contributed by atoms with Crippen molar-refractivity contribution in [2.75, 3.05) is 26.4 Å². The van der Waals surface area contributed by atoms with Crippen LogP contribution in [0.25, 0.3) is 21.8 Å². The summed E-state index contributed by atoms with van der Waals surface area (Å²) < 4.78 is 88.2. The molecule has 62 heavy (non-hydrogen) atoms. The molecule has 0 aromatic carbocycles. The molecule has 0 atom stereocenters. The Kier molecular flexibility index (Phi) is 12.9. The average Bonchev–Trinajstić information content (AvgIpc) is 4.15. The zero-order valence-electron chi connectivity index (χ0n) is 33.5. The van der Waals surface area contributed by atoms with Crippen LogP contribution in [-0.2, 0) is 13.1 Å². The van der Waals surface area contributed by atoms with Gasteiger partial charge in [0.05, 0.1) is 41.5 Å². The molecule has 6 heterocycles. The van der Waals surface area contributed by atoms with Crippen LogP contribution in [0.4, 0.5) is 26.3 Å². The predicted molar refractivity (Wildman–Crippen MR) is 211 cm³/mol. The number of rotatable bonds is 15. The molecule has 2 fully saturated rings. The van der Waals surface area contributed by atoms with Gasteiger partial charge >= 0.3 is 12.4 Å². The average molecular weight is 869 g/mol. The van der Waals surface area contributed by atoms with E-state index in [1.54, 1.807) is 40.0 Å². The van der Waals surface area contributed by atoms with Crippen molar-refractivity contribution in [3.05, 3.63) is 95.1 Å². The molecule has 6 aromatic rings. The first-order valence-electron chi connectivity index (χ1n) is 19.7. The quantitative estimate of drug-likeness (QED) is 0.0993. The zero-order valence-corrected chi connectivity index (χ0v) is 33.5. The molecular formula is C41H42F6N10O5. The standard InChI is InChI=1S/C21H22F3N5O2.C20H20F3N5O3/c1-12(2)27-19(30)18-16-10-29(28-17(16)5-6-25-18)9-13-7-15(14-3-4-14)20(26-8-13)31-11-21(22,23)24;21-20(22,23)11-31-19-14(13-1-2-13)7-12(8-26-19)9-28-10-15-16(27-28)3-4-24-17(15)18(30)25-5-6-29/h5-8,10,12,14H,3-4,9,11H2,1-2H3,(H,27,30);3-4,7-8,10,13,29H,1-2,5-6,9,11H2,(H,25,30). The van der Waals surface area contributed by atoms with Crippen LogP contribution in [0.1, 0.15) is 94.6 Å². The molecule has 0 bridgehead atoms. The van der Waals surface area contributed by atoms with Crippen LogP contribution in [0.15, 0.2) is 61.4 Å². The molecular weight excluding hydrogens is 827 g/mol. The highest BCUT2D eigenvalue weighted by atomic mass is 19.4. The predicted octanol–water partition coefficient (Wildman–Crippen LogP) is 6.25. The number of amides is 2. The SMILES string of the molecule is CC(C)NC(=O)c1nccc2nn(Cc3cnc(OCC(F)(F)F)c(C4CC4)c3)cc12.O=C(NCCO)c1nccc2nn(Cc3cnc(OCC(F)(F)F)c(C4CC4)c3)cc12. The summed E-state index contributed by atoms with van der Waals surface area (Å²) in [5.74, 6) is -0.319. The molecule has 2 amide bonds. The van der Waals surface area contributed by atoms with Crippen LogP contribution < -0.4 is 20.1 Å². The van der Waals surface area contributed by atoms with Crippen molar-refractivity contribution in [3.63, 3.8) is 0 Å². The molecule has 0 saturated heterocycles. The number of halogens is 6. The van der Waals surface area contributed by atoms with Gasteiger partial charge in [0.15, 0.2) is 13.2 Å². The van der Waals surface area contributed by atoms with Crippen molar-refractivity contribution in [3.8, 4) is 11.8 Å². The summed E-state index contributed by atoms with van der Waals surface area (Å²) in [6, 6.07) is 7.00. The minimum atomic E-state index is -4.43. The second-order valence-electron chi connectivity index (χ2n) is 15.3. The van der Waals surface area contributed by atoms with E-state index >= 15 is 0 Å². The molecule has 3 N–H and O–H groups in total. The molecule has 0 radical (unpaired) electrons. The third-order valence-electron chi connectivity index (χ3n) is 9.55. The number of fused-ring (bicyclic) bond motifs is 2. The van der Waals surface area contributed by atoms with Gasteiger partial charge < -0.3 is 25.2 Å². The van der Waals surface area contributed by atoms with E-state index in [1.165, 1.54) is 24.8 Å². The highest BCUT2D eigenvalue weighted by Crippen LogP contribution is 2.45. The van der Waals surface area contributed by atoms with Crippen LogP contribution >= 0.6 is 0 Å². The molecule has 15 nitrogen and oxygen atoms in total. The highest BCUT2D eigenvalue weighted by Gasteiger charge is 2.34. The van der Waals surface area contributed by atoms with Crippen LogP contribution in [0.5, 0.6) is 11.8 Å². The molecule has 328 valence electrons. The number of nitrogens with zero attached hydrogens (tertiary/aromatic N) is 8. The first kappa shape index (κ1) is 43.7. The lowest BCUT2D eigenvalue weighted by molar-refractivity contribution is -0.154. The van der Waals surface area contributed by atoms with E-state index < -0.39 is 31.5 Å². The number of aromatic nitrogens is 8. The van der Waals surface area contributed by atoms with Crippen LogP contribution in [0.2, 0.25) is 0 Å². The first-order valence-corrected chi connectivity index (χ1v) is 19.7. The molecule has 2 aliphatic carbocycles. The third kappa shape index (κ3) is 11.5. The maximum atomic E-state index is 12.5. The van der Waals surface area contributed by atoms with Gasteiger partial charge in [-0.3, -0.25) is 28.9 Å². The van der Waals surface area contributed by atoms with Crippen molar-refractivity contribution in [2.45, 2.75) is 82.9 Å². The lowest BCUT2D eigenvalue weighted by atomic mass is 10.1. The summed E-state index contributed by atoms with van der Waals surface area (Å²) in [5, 5.41) is 24.4. The Balaban J connectivity index is 0.000000186. The highest BCUT2D eigenvalue weighted by molar-refractivity contribution is 6.04. The Bertz CT molecular complexity index is 2550. The van der Waals surface area contributed by atoms with E-state index in [-0.39, 0.29) is 54.4 Å². The Morgan fingerprint density at radius 1 is 0.742 bits per heavy atom. The minimum absolute atomic E-state index is 0.0150. The second-order valence-corrected chi connectivity index (χ2v) is 15.3. The Hall–Kier alpha value is -6.38. The van der Waals surface area contributed by atoms with Crippen molar-refractivity contribution >= 4 is 33.6 Å². The monoisotopic (exact) mass is 868 g/mol. The smallest absolute Gasteiger partial charge is 0.422 e. The van der Waals surface area contributed by atoms with Gasteiger partial charge in [-0.25, -0.2) is 9.97 Å². The largest absolute Gasteiger partial charge is 0.468 e. The van der Waals surface area contributed by atoms with Crippen LogP contribution in [0.3, 0.4) is 0 Å². The number of aliphatic hydroxyl groups excluding tert-OH is 1. The van der Waals surface area contributed by atoms with Gasteiger partial charge in [-0.1, -0.05) is 0 Å². The van der Waals surface area contributed by atoms with Gasteiger partial charge in [-0.2, -0.15) is 36.5 Å². The summed E-state index contributed by atoms with van der Waals surface area (Å²) in [6.45, 7) is 1.60. The maximum Gasteiger partial charge on any atom is 0.422 e. The van der Waals surface area contributed by atoms with E-state index in [0.717, 1.165) is 36.8 Å². The Labute approximate surface area is 349 Å². The summed E-state index contributed by atoms with van der Waals surface area (Å²) in [7, 11) is 0. The van der Waals surface area contributed by atoms with Gasteiger partial charge in [0, 0.05) is 60.9 Å². The fraction of sp³-hybridized carbons (Fsp3) is 0.415. The van der Waals surface area contributed by atoms with E-state index in [9.17, 15) is 35.9 Å². The number of carbonyl (C=O) groups excluding carboxylic acids is 2. The number of hydrogen-bond donors (Lipinski definition) is 3. The summed E-state index contributed by atoms with van der Waals surface area (Å²) in [4.78, 5) is 41.2. The Morgan fingerprint density at radius 3 is 1.60 bits per heavy atom. The molecule has 0 unspecified atom stereocenters. The molecule has 21 heteroatoms. The number of hydrogen-bond acceptors (Lipinski definition) is 11. The van der Waals surface area contributed by atoms with Gasteiger partial charge in [-0.15, -0.1) is 0 Å². The zero-order chi connectivity index (χ0) is 44.2. The topological polar surface area (TPSA) is 184 Å². The number of alkyl halides is 6. The van der Waals surface area contributed by atoms with Gasteiger partial charge in [0.2, 0.25) is 11.8 Å². The van der Waals surface area contributed by atoms with Gasteiger partial charge in [0.1, 0.15) is 11.4 Å². The summed E-state index contributed by atoms with van der Waals surface area (Å²) in [6.07, 6.45) is 4.14. The van der Waals surface area contributed by atoms with Crippen molar-refractivity contribution < 1.29 is 50.5 Å². The van der Waals surface area contributed by atoms with Crippen LogP contribution in [0, 0.1) is 0 Å². The number of aliphatic hydroxyl groups is 1. The van der Waals surface area contributed by atoms with Crippen molar-refractivity contribution in [1.29, 1.82) is 0 Å². The minimum Gasteiger partial charge on any atom is -0.468 e. The first-order chi connectivity index (χ1) is 29.5. The Morgan fingerprint density at radius 2 is 1.19 bits per heavy atom. The normalized spacial score (nSPS) is 14.2. The number of pyridine rings is 4. The number of nitrogens with one attached hydrogen (secondary N) is 2. The van der Waals surface area contributed by atoms with Gasteiger partial charge in [0.25, 0.3) is 11.8 Å². The number of ether oxygens (including phenoxy) is 2. The lowest BCUT2D eigenvalue weighted by Crippen LogP contribution is -2.30. The van der Waals surface area contributed by atoms with E-state index in [1.807, 2.05) is 19.9 Å². The van der Waals surface area contributed by atoms with E-state index in [2.05, 4.69) is 40.8 Å². The van der Waals surface area contributed by atoms with Gasteiger partial charge in [-0.05, 0) is 86.8 Å². The fourth-order valence-electron chi connectivity index (χ4n) is 6.59. The lowest BCUT2D eigenvalue weighted by Gasteiger charge is -2.13. The van der Waals surface area contributed by atoms with E-state index in [4.69, 9.17) is 14.6 Å². The molecule has 0 spiro atoms. The third-order valence-corrected chi connectivity index (χ3v) is 9.55. The van der Waals surface area contributed by atoms with Crippen molar-refractivity contribution in [1.82, 2.24) is 50.1 Å². The molecule has 8 rings (SSSR count). The summed E-state index contributed by atoms with van der Waals surface area (Å²) >= 11 is 0. The number of carbonyl (C=O) groups is 2. The second kappa shape index (κ2) is 18.3. The summed E-state index contributed by atoms with van der Waals surface area (Å²) in [5.41, 5.74) is 4.61. The van der Waals surface area contributed by atoms with E-state index in [0.29, 0.717) is 51.7 Å². The molecule has 0 aliphatic heterocycles.